The van der Waals surface area contributed by atoms with E-state index in [9.17, 15) is 0 Å². The van der Waals surface area contributed by atoms with E-state index in [1.54, 1.807) is 0 Å². The molecule has 0 bridgehead atoms. The maximum Gasteiger partial charge on any atom is 0.0693 e. The summed E-state index contributed by atoms with van der Waals surface area (Å²) in [6, 6.07) is 0.644. The largest absolute Gasteiger partial charge is 0.378 e. The van der Waals surface area contributed by atoms with Crippen molar-refractivity contribution in [2.75, 3.05) is 13.7 Å². The minimum atomic E-state index is 0.207. The second kappa shape index (κ2) is 7.38. The third-order valence-corrected chi connectivity index (χ3v) is 4.58. The predicted molar refractivity (Wildman–Crippen MR) is 74.4 cm³/mol. The molecule has 1 saturated carbocycles. The normalized spacial score (nSPS) is 20.3. The lowest BCUT2D eigenvalue weighted by atomic mass is 9.74. The second-order valence-electron chi connectivity index (χ2n) is 5.62. The molecule has 0 heterocycles. The lowest BCUT2D eigenvalue weighted by Crippen LogP contribution is -2.46. The van der Waals surface area contributed by atoms with Crippen molar-refractivity contribution in [1.82, 2.24) is 5.32 Å². The number of nitrogens with one attached hydrogen (secondary N) is 1. The summed E-state index contributed by atoms with van der Waals surface area (Å²) >= 11 is 0. The molecule has 0 aliphatic heterocycles. The zero-order chi connectivity index (χ0) is 12.7. The third kappa shape index (κ3) is 4.26. The monoisotopic (exact) mass is 241 g/mol. The second-order valence-corrected chi connectivity index (χ2v) is 5.62. The average molecular weight is 241 g/mol. The summed E-state index contributed by atoms with van der Waals surface area (Å²) in [4.78, 5) is 0. The number of hydrogen-bond donors (Lipinski definition) is 1. The van der Waals surface area contributed by atoms with Crippen molar-refractivity contribution >= 4 is 0 Å². The molecule has 1 rings (SSSR count). The highest BCUT2D eigenvalue weighted by atomic mass is 16.5. The predicted octanol–water partition coefficient (Wildman–Crippen LogP) is 3.75. The molecule has 1 aliphatic rings. The molecule has 1 aliphatic carbocycles. The lowest BCUT2D eigenvalue weighted by Gasteiger charge is -2.43. The van der Waals surface area contributed by atoms with Crippen LogP contribution in [-0.4, -0.2) is 25.3 Å². The highest BCUT2D eigenvalue weighted by Crippen LogP contribution is 2.39. The Hall–Kier alpha value is -0.0800. The minimum Gasteiger partial charge on any atom is -0.378 e. The Morgan fingerprint density at radius 1 is 1.18 bits per heavy atom. The van der Waals surface area contributed by atoms with Crippen LogP contribution in [0.25, 0.3) is 0 Å². The molecule has 0 aromatic carbocycles. The Morgan fingerprint density at radius 3 is 2.18 bits per heavy atom. The first-order valence-corrected chi connectivity index (χ1v) is 7.48. The van der Waals surface area contributed by atoms with Crippen LogP contribution in [-0.2, 0) is 4.74 Å². The molecular formula is C15H31NO. The molecule has 2 heteroatoms. The van der Waals surface area contributed by atoms with E-state index in [1.165, 1.54) is 44.9 Å². The fourth-order valence-electron chi connectivity index (χ4n) is 3.06. The maximum absolute atomic E-state index is 5.76. The topological polar surface area (TPSA) is 21.3 Å². The van der Waals surface area contributed by atoms with E-state index < -0.39 is 0 Å². The number of ether oxygens (including phenoxy) is 1. The molecule has 1 fully saturated rings. The summed E-state index contributed by atoms with van der Waals surface area (Å²) in [6.45, 7) is 7.91. The highest BCUT2D eigenvalue weighted by molar-refractivity contribution is 4.93. The number of rotatable bonds is 9. The van der Waals surface area contributed by atoms with Gasteiger partial charge in [0.05, 0.1) is 5.60 Å². The van der Waals surface area contributed by atoms with Crippen molar-refractivity contribution in [3.63, 3.8) is 0 Å². The van der Waals surface area contributed by atoms with E-state index >= 15 is 0 Å². The zero-order valence-electron chi connectivity index (χ0n) is 12.2. The first-order valence-electron chi connectivity index (χ1n) is 7.48. The van der Waals surface area contributed by atoms with Gasteiger partial charge in [-0.15, -0.1) is 0 Å². The van der Waals surface area contributed by atoms with Gasteiger partial charge in [0.2, 0.25) is 0 Å². The van der Waals surface area contributed by atoms with Crippen LogP contribution in [0, 0.1) is 5.92 Å². The summed E-state index contributed by atoms with van der Waals surface area (Å²) in [5.41, 5.74) is 0.207. The van der Waals surface area contributed by atoms with E-state index in [-0.39, 0.29) is 5.60 Å². The van der Waals surface area contributed by atoms with Gasteiger partial charge in [0.25, 0.3) is 0 Å². The van der Waals surface area contributed by atoms with Crippen molar-refractivity contribution in [2.45, 2.75) is 77.4 Å². The molecule has 0 saturated heterocycles. The molecule has 0 aromatic heterocycles. The summed E-state index contributed by atoms with van der Waals surface area (Å²) in [6.07, 6.45) is 8.98. The van der Waals surface area contributed by atoms with Gasteiger partial charge in [0.15, 0.2) is 0 Å². The summed E-state index contributed by atoms with van der Waals surface area (Å²) in [7, 11) is 1.89. The summed E-state index contributed by atoms with van der Waals surface area (Å²) in [5, 5.41) is 3.66. The molecule has 0 amide bonds. The molecule has 1 atom stereocenters. The zero-order valence-corrected chi connectivity index (χ0v) is 12.2. The fraction of sp³-hybridized carbons (Fsp3) is 1.00. The Kier molecular flexibility index (Phi) is 6.50. The van der Waals surface area contributed by atoms with Gasteiger partial charge in [0, 0.05) is 13.2 Å². The molecule has 0 aromatic rings. The molecule has 1 unspecified atom stereocenters. The first-order chi connectivity index (χ1) is 8.19. The van der Waals surface area contributed by atoms with Crippen LogP contribution in [0.4, 0.5) is 0 Å². The molecular weight excluding hydrogens is 210 g/mol. The molecule has 2 nitrogen and oxygen atoms in total. The van der Waals surface area contributed by atoms with Gasteiger partial charge in [-0.3, -0.25) is 0 Å². The van der Waals surface area contributed by atoms with Crippen molar-refractivity contribution < 1.29 is 4.74 Å². The molecule has 102 valence electrons. The van der Waals surface area contributed by atoms with E-state index in [0.717, 1.165) is 12.5 Å². The van der Waals surface area contributed by atoms with Crippen molar-refractivity contribution in [1.29, 1.82) is 0 Å². The van der Waals surface area contributed by atoms with E-state index in [4.69, 9.17) is 4.74 Å². The Balaban J connectivity index is 2.46. The van der Waals surface area contributed by atoms with Crippen LogP contribution >= 0.6 is 0 Å². The van der Waals surface area contributed by atoms with Crippen LogP contribution in [0.1, 0.15) is 65.7 Å². The maximum atomic E-state index is 5.76. The molecule has 0 radical (unpaired) electrons. The fourth-order valence-corrected chi connectivity index (χ4v) is 3.06. The van der Waals surface area contributed by atoms with Crippen LogP contribution in [0.15, 0.2) is 0 Å². The van der Waals surface area contributed by atoms with Gasteiger partial charge >= 0.3 is 0 Å². The van der Waals surface area contributed by atoms with Gasteiger partial charge in [-0.2, -0.15) is 0 Å². The van der Waals surface area contributed by atoms with Crippen LogP contribution in [0.5, 0.6) is 0 Å². The van der Waals surface area contributed by atoms with Crippen molar-refractivity contribution in [2.24, 2.45) is 5.92 Å². The van der Waals surface area contributed by atoms with E-state index in [0.29, 0.717) is 6.04 Å². The summed E-state index contributed by atoms with van der Waals surface area (Å²) < 4.78 is 5.76. The molecule has 17 heavy (non-hydrogen) atoms. The SMILES string of the molecule is CCNC(CC(CC)CC)CC1(OC)CCC1. The van der Waals surface area contributed by atoms with E-state index in [2.05, 4.69) is 26.1 Å². The smallest absolute Gasteiger partial charge is 0.0693 e. The average Bonchev–Trinajstić information content (AvgIpc) is 2.30. The van der Waals surface area contributed by atoms with Gasteiger partial charge in [-0.05, 0) is 44.6 Å². The van der Waals surface area contributed by atoms with Crippen LogP contribution < -0.4 is 5.32 Å². The standard InChI is InChI=1S/C15H31NO/c1-5-13(6-2)11-14(16-7-3)12-15(17-4)9-8-10-15/h13-14,16H,5-12H2,1-4H3. The molecule has 1 N–H and O–H groups in total. The van der Waals surface area contributed by atoms with E-state index in [1.807, 2.05) is 7.11 Å². The number of hydrogen-bond acceptors (Lipinski definition) is 2. The van der Waals surface area contributed by atoms with Crippen molar-refractivity contribution in [3.8, 4) is 0 Å². The Labute approximate surface area is 108 Å². The first kappa shape index (κ1) is 15.0. The Morgan fingerprint density at radius 2 is 1.82 bits per heavy atom. The lowest BCUT2D eigenvalue weighted by molar-refractivity contribution is -0.0846. The third-order valence-electron chi connectivity index (χ3n) is 4.58. The van der Waals surface area contributed by atoms with Crippen molar-refractivity contribution in [3.05, 3.63) is 0 Å². The van der Waals surface area contributed by atoms with Gasteiger partial charge < -0.3 is 10.1 Å². The highest BCUT2D eigenvalue weighted by Gasteiger charge is 2.39. The summed E-state index contributed by atoms with van der Waals surface area (Å²) in [5.74, 6) is 0.869. The minimum absolute atomic E-state index is 0.207. The van der Waals surface area contributed by atoms with Gasteiger partial charge in [0.1, 0.15) is 0 Å². The van der Waals surface area contributed by atoms with Gasteiger partial charge in [-0.1, -0.05) is 33.6 Å². The molecule has 0 spiro atoms. The quantitative estimate of drug-likeness (QED) is 0.664. The Bertz CT molecular complexity index is 192. The van der Waals surface area contributed by atoms with Gasteiger partial charge in [-0.25, -0.2) is 0 Å². The van der Waals surface area contributed by atoms with Crippen LogP contribution in [0.3, 0.4) is 0 Å². The van der Waals surface area contributed by atoms with Crippen LogP contribution in [0.2, 0.25) is 0 Å². The number of methoxy groups -OCH3 is 1.